The minimum Gasteiger partial charge on any atom is -0.481 e. The average Bonchev–Trinajstić information content (AvgIpc) is 3.18. The van der Waals surface area contributed by atoms with E-state index >= 15 is 0 Å². The highest BCUT2D eigenvalue weighted by Crippen LogP contribution is 2.33. The Morgan fingerprint density at radius 1 is 1.24 bits per heavy atom. The Morgan fingerprint density at radius 3 is 2.56 bits per heavy atom. The van der Waals surface area contributed by atoms with E-state index in [1.807, 2.05) is 44.2 Å². The maximum absolute atomic E-state index is 12.6. The highest BCUT2D eigenvalue weighted by atomic mass is 16.5. The van der Waals surface area contributed by atoms with Gasteiger partial charge in [-0.1, -0.05) is 35.5 Å². The van der Waals surface area contributed by atoms with E-state index in [2.05, 4.69) is 5.16 Å². The third-order valence-corrected chi connectivity index (χ3v) is 4.99. The number of likely N-dealkylation sites (tertiary alicyclic amines) is 1. The van der Waals surface area contributed by atoms with Crippen LogP contribution in [0.2, 0.25) is 0 Å². The lowest BCUT2D eigenvalue weighted by Crippen LogP contribution is -2.30. The van der Waals surface area contributed by atoms with E-state index in [9.17, 15) is 14.7 Å². The molecule has 0 aliphatic carbocycles. The summed E-state index contributed by atoms with van der Waals surface area (Å²) in [5, 5.41) is 13.4. The normalized spacial score (nSPS) is 20.0. The minimum atomic E-state index is -0.852. The van der Waals surface area contributed by atoms with Gasteiger partial charge in [0.2, 0.25) is 5.91 Å². The van der Waals surface area contributed by atoms with Crippen LogP contribution in [0.3, 0.4) is 0 Å². The van der Waals surface area contributed by atoms with Crippen molar-refractivity contribution in [3.63, 3.8) is 0 Å². The number of aryl methyl sites for hydroxylation is 2. The molecule has 6 heteroatoms. The van der Waals surface area contributed by atoms with Crippen molar-refractivity contribution >= 4 is 11.9 Å². The Bertz CT molecular complexity index is 749. The third kappa shape index (κ3) is 3.57. The SMILES string of the molecule is Cc1noc(C)c1CCC(=O)N1C[C@H](C(=O)O)[C@@H](c2ccccc2)C1. The maximum Gasteiger partial charge on any atom is 0.308 e. The molecule has 132 valence electrons. The summed E-state index contributed by atoms with van der Waals surface area (Å²) >= 11 is 0. The van der Waals surface area contributed by atoms with Gasteiger partial charge in [-0.2, -0.15) is 0 Å². The molecule has 0 radical (unpaired) electrons. The number of amides is 1. The first-order valence-electron chi connectivity index (χ1n) is 8.44. The molecule has 1 aromatic heterocycles. The number of carboxylic acids is 1. The lowest BCUT2D eigenvalue weighted by Gasteiger charge is -2.16. The van der Waals surface area contributed by atoms with E-state index < -0.39 is 11.9 Å². The Morgan fingerprint density at radius 2 is 1.96 bits per heavy atom. The van der Waals surface area contributed by atoms with E-state index in [1.54, 1.807) is 4.90 Å². The molecule has 2 atom stereocenters. The van der Waals surface area contributed by atoms with Gasteiger partial charge in [0, 0.05) is 31.0 Å². The van der Waals surface area contributed by atoms with Crippen molar-refractivity contribution in [2.45, 2.75) is 32.6 Å². The average molecular weight is 342 g/mol. The summed E-state index contributed by atoms with van der Waals surface area (Å²) in [5.74, 6) is -0.871. The second kappa shape index (κ2) is 7.09. The highest BCUT2D eigenvalue weighted by Gasteiger charge is 2.40. The Hall–Kier alpha value is -2.63. The van der Waals surface area contributed by atoms with Gasteiger partial charge in [-0.3, -0.25) is 9.59 Å². The van der Waals surface area contributed by atoms with Crippen LogP contribution in [0.15, 0.2) is 34.9 Å². The van der Waals surface area contributed by atoms with Crippen LogP contribution in [0.1, 0.15) is 34.9 Å². The van der Waals surface area contributed by atoms with Crippen LogP contribution >= 0.6 is 0 Å². The zero-order valence-corrected chi connectivity index (χ0v) is 14.4. The molecule has 6 nitrogen and oxygen atoms in total. The fourth-order valence-corrected chi connectivity index (χ4v) is 3.54. The smallest absolute Gasteiger partial charge is 0.308 e. The molecule has 25 heavy (non-hydrogen) atoms. The monoisotopic (exact) mass is 342 g/mol. The predicted octanol–water partition coefficient (Wildman–Crippen LogP) is 2.55. The second-order valence-corrected chi connectivity index (χ2v) is 6.56. The van der Waals surface area contributed by atoms with Gasteiger partial charge < -0.3 is 14.5 Å². The van der Waals surface area contributed by atoms with Crippen LogP contribution < -0.4 is 0 Å². The van der Waals surface area contributed by atoms with Crippen molar-refractivity contribution in [2.75, 3.05) is 13.1 Å². The quantitative estimate of drug-likeness (QED) is 0.903. The lowest BCUT2D eigenvalue weighted by atomic mass is 9.89. The fourth-order valence-electron chi connectivity index (χ4n) is 3.54. The van der Waals surface area contributed by atoms with Crippen LogP contribution in [-0.4, -0.2) is 40.1 Å². The molecule has 0 saturated carbocycles. The fraction of sp³-hybridized carbons (Fsp3) is 0.421. The maximum atomic E-state index is 12.6. The summed E-state index contributed by atoms with van der Waals surface area (Å²) in [4.78, 5) is 25.9. The van der Waals surface area contributed by atoms with E-state index in [-0.39, 0.29) is 18.4 Å². The topological polar surface area (TPSA) is 83.6 Å². The number of nitrogens with zero attached hydrogens (tertiary/aromatic N) is 2. The number of hydrogen-bond donors (Lipinski definition) is 1. The highest BCUT2D eigenvalue weighted by molar-refractivity contribution is 5.80. The molecule has 1 N–H and O–H groups in total. The number of carbonyl (C=O) groups is 2. The van der Waals surface area contributed by atoms with Crippen molar-refractivity contribution in [3.05, 3.63) is 52.9 Å². The zero-order chi connectivity index (χ0) is 18.0. The van der Waals surface area contributed by atoms with E-state index in [4.69, 9.17) is 4.52 Å². The van der Waals surface area contributed by atoms with Gasteiger partial charge in [-0.25, -0.2) is 0 Å². The van der Waals surface area contributed by atoms with Gasteiger partial charge in [0.25, 0.3) is 0 Å². The third-order valence-electron chi connectivity index (χ3n) is 4.99. The number of benzene rings is 1. The Kier molecular flexibility index (Phi) is 4.88. The van der Waals surface area contributed by atoms with Crippen LogP contribution in [0.4, 0.5) is 0 Å². The number of rotatable bonds is 5. The van der Waals surface area contributed by atoms with Gasteiger partial charge in [0.05, 0.1) is 11.6 Å². The van der Waals surface area contributed by atoms with Crippen molar-refractivity contribution in [2.24, 2.45) is 5.92 Å². The first-order chi connectivity index (χ1) is 12.0. The summed E-state index contributed by atoms with van der Waals surface area (Å²) in [6.45, 7) is 4.40. The van der Waals surface area contributed by atoms with E-state index in [0.717, 1.165) is 22.6 Å². The molecule has 1 aromatic carbocycles. The molecule has 1 amide bonds. The molecule has 1 fully saturated rings. The van der Waals surface area contributed by atoms with Crippen molar-refractivity contribution in [1.82, 2.24) is 10.1 Å². The second-order valence-electron chi connectivity index (χ2n) is 6.56. The number of carbonyl (C=O) groups excluding carboxylic acids is 1. The van der Waals surface area contributed by atoms with Gasteiger partial charge in [-0.05, 0) is 25.8 Å². The molecule has 2 aromatic rings. The largest absolute Gasteiger partial charge is 0.481 e. The molecule has 0 unspecified atom stereocenters. The van der Waals surface area contributed by atoms with E-state index in [1.165, 1.54) is 0 Å². The van der Waals surface area contributed by atoms with Gasteiger partial charge in [0.15, 0.2) is 0 Å². The number of hydrogen-bond acceptors (Lipinski definition) is 4. The van der Waals surface area contributed by atoms with Crippen molar-refractivity contribution in [3.8, 4) is 0 Å². The van der Waals surface area contributed by atoms with Crippen molar-refractivity contribution in [1.29, 1.82) is 0 Å². The number of aliphatic carboxylic acids is 1. The standard InChI is InChI=1S/C19H22N2O4/c1-12-15(13(2)25-20-12)8-9-18(22)21-10-16(17(11-21)19(23)24)14-6-4-3-5-7-14/h3-7,16-17H,8-11H2,1-2H3,(H,23,24)/t16-,17+/m1/s1. The van der Waals surface area contributed by atoms with Crippen molar-refractivity contribution < 1.29 is 19.2 Å². The number of carboxylic acid groups (broad SMARTS) is 1. The molecule has 1 aliphatic rings. The molecule has 1 saturated heterocycles. The molecular formula is C19H22N2O4. The van der Waals surface area contributed by atoms with Gasteiger partial charge in [0.1, 0.15) is 5.76 Å². The summed E-state index contributed by atoms with van der Waals surface area (Å²) in [6, 6.07) is 9.56. The molecule has 1 aliphatic heterocycles. The van der Waals surface area contributed by atoms with Crippen LogP contribution in [0, 0.1) is 19.8 Å². The molecular weight excluding hydrogens is 320 g/mol. The summed E-state index contributed by atoms with van der Waals surface area (Å²) < 4.78 is 5.12. The molecule has 3 rings (SSSR count). The van der Waals surface area contributed by atoms with Crippen LogP contribution in [0.5, 0.6) is 0 Å². The Balaban J connectivity index is 1.68. The molecule has 0 spiro atoms. The summed E-state index contributed by atoms with van der Waals surface area (Å²) in [6.07, 6.45) is 0.890. The minimum absolute atomic E-state index is 0.0234. The zero-order valence-electron chi connectivity index (χ0n) is 14.4. The first kappa shape index (κ1) is 17.2. The van der Waals surface area contributed by atoms with Crippen LogP contribution in [0.25, 0.3) is 0 Å². The number of aromatic nitrogens is 1. The van der Waals surface area contributed by atoms with Gasteiger partial charge >= 0.3 is 5.97 Å². The van der Waals surface area contributed by atoms with E-state index in [0.29, 0.717) is 19.4 Å². The predicted molar refractivity (Wildman–Crippen MR) is 91.2 cm³/mol. The molecule has 2 heterocycles. The molecule has 0 bridgehead atoms. The summed E-state index contributed by atoms with van der Waals surface area (Å²) in [5.41, 5.74) is 2.73. The first-order valence-corrected chi connectivity index (χ1v) is 8.44. The summed E-state index contributed by atoms with van der Waals surface area (Å²) in [7, 11) is 0. The van der Waals surface area contributed by atoms with Gasteiger partial charge in [-0.15, -0.1) is 0 Å². The Labute approximate surface area is 146 Å². The van der Waals surface area contributed by atoms with Crippen LogP contribution in [-0.2, 0) is 16.0 Å². The lowest BCUT2D eigenvalue weighted by molar-refractivity contribution is -0.141.